The second kappa shape index (κ2) is 9.92. The molecule has 1 saturated heterocycles. The van der Waals surface area contributed by atoms with Crippen LogP contribution < -0.4 is 16.4 Å². The Hall–Kier alpha value is -1.83. The van der Waals surface area contributed by atoms with Gasteiger partial charge in [0.1, 0.15) is 31.2 Å². The molecular weight excluding hydrogens is 414 g/mol. The van der Waals surface area contributed by atoms with Gasteiger partial charge in [-0.2, -0.15) is 12.6 Å². The van der Waals surface area contributed by atoms with Crippen LogP contribution >= 0.6 is 35.7 Å². The molecule has 0 aliphatic carbocycles. The van der Waals surface area contributed by atoms with Crippen LogP contribution in [0.1, 0.15) is 5.69 Å². The molecule has 5 N–H and O–H groups in total. The van der Waals surface area contributed by atoms with Gasteiger partial charge in [0.2, 0.25) is 0 Å². The van der Waals surface area contributed by atoms with E-state index in [1.165, 1.54) is 24.3 Å². The first-order valence-electron chi connectivity index (χ1n) is 7.71. The summed E-state index contributed by atoms with van der Waals surface area (Å²) < 4.78 is 0. The average Bonchev–Trinajstić information content (AvgIpc) is 3.09. The van der Waals surface area contributed by atoms with E-state index in [0.717, 1.165) is 11.3 Å². The summed E-state index contributed by atoms with van der Waals surface area (Å²) >= 11 is 6.64. The van der Waals surface area contributed by atoms with Gasteiger partial charge in [0.15, 0.2) is 10.8 Å². The number of nitrogens with one attached hydrogen (secondary N) is 2. The summed E-state index contributed by atoms with van der Waals surface area (Å²) in [5.74, 6) is -1.05. The van der Waals surface area contributed by atoms with Crippen LogP contribution in [0.3, 0.4) is 0 Å². The number of nitrogens with zero attached hydrogens (tertiary/aromatic N) is 2. The van der Waals surface area contributed by atoms with Crippen molar-refractivity contribution in [1.29, 1.82) is 0 Å². The molecular formula is C14H19N5O5S3. The molecule has 2 rings (SSSR count). The first kappa shape index (κ1) is 21.5. The number of nitrogens with two attached hydrogens (primary N) is 1. The molecule has 13 heteroatoms. The van der Waals surface area contributed by atoms with Crippen molar-refractivity contribution in [2.24, 2.45) is 11.1 Å². The monoisotopic (exact) mass is 433 g/mol. The SMILES string of the molecule is CO/N=C(\C(=O)N[C@H](C=O)[C@@H]1NC(C(=O)O)[C@H](CS)CS1)c1csc(N)n1. The highest BCUT2D eigenvalue weighted by atomic mass is 32.2. The lowest BCUT2D eigenvalue weighted by Gasteiger charge is -2.36. The average molecular weight is 434 g/mol. The van der Waals surface area contributed by atoms with Crippen LogP contribution in [0.4, 0.5) is 5.13 Å². The minimum absolute atomic E-state index is 0.138. The van der Waals surface area contributed by atoms with E-state index in [-0.39, 0.29) is 22.5 Å². The topological polar surface area (TPSA) is 156 Å². The van der Waals surface area contributed by atoms with Gasteiger partial charge in [0, 0.05) is 17.1 Å². The summed E-state index contributed by atoms with van der Waals surface area (Å²) in [7, 11) is 1.27. The zero-order chi connectivity index (χ0) is 20.0. The number of aldehydes is 1. The fourth-order valence-corrected chi connectivity index (χ4v) is 4.83. The molecule has 27 heavy (non-hydrogen) atoms. The quantitative estimate of drug-likeness (QED) is 0.157. The lowest BCUT2D eigenvalue weighted by molar-refractivity contribution is -0.140. The number of aliphatic carboxylic acids is 1. The number of carboxylic acids is 1. The number of hydrogen-bond acceptors (Lipinski definition) is 11. The molecule has 0 saturated carbocycles. The highest BCUT2D eigenvalue weighted by Crippen LogP contribution is 2.26. The molecule has 0 bridgehead atoms. The van der Waals surface area contributed by atoms with Gasteiger partial charge in [0.05, 0.1) is 5.37 Å². The third kappa shape index (κ3) is 5.34. The summed E-state index contributed by atoms with van der Waals surface area (Å²) in [5, 5.41) is 19.6. The minimum Gasteiger partial charge on any atom is -0.480 e. The number of rotatable bonds is 8. The highest BCUT2D eigenvalue weighted by Gasteiger charge is 2.38. The van der Waals surface area contributed by atoms with Crippen molar-refractivity contribution >= 4 is 64.7 Å². The smallest absolute Gasteiger partial charge is 0.321 e. The molecule has 4 atom stereocenters. The summed E-state index contributed by atoms with van der Waals surface area (Å²) in [5.41, 5.74) is 5.65. The van der Waals surface area contributed by atoms with Crippen molar-refractivity contribution in [2.75, 3.05) is 24.3 Å². The maximum atomic E-state index is 12.6. The van der Waals surface area contributed by atoms with E-state index >= 15 is 0 Å². The number of aromatic nitrogens is 1. The zero-order valence-electron chi connectivity index (χ0n) is 14.2. The molecule has 2 heterocycles. The van der Waals surface area contributed by atoms with Crippen LogP contribution in [-0.2, 0) is 19.2 Å². The Bertz CT molecular complexity index is 728. The number of carboxylic acid groups (broad SMARTS) is 1. The summed E-state index contributed by atoms with van der Waals surface area (Å²) in [4.78, 5) is 44.2. The molecule has 1 aromatic rings. The zero-order valence-corrected chi connectivity index (χ0v) is 16.7. The Balaban J connectivity index is 2.13. The summed E-state index contributed by atoms with van der Waals surface area (Å²) in [6, 6.07) is -1.85. The number of anilines is 1. The lowest BCUT2D eigenvalue weighted by Crippen LogP contribution is -2.60. The Kier molecular flexibility index (Phi) is 7.89. The molecule has 0 radical (unpaired) electrons. The lowest BCUT2D eigenvalue weighted by atomic mass is 10.0. The molecule has 1 unspecified atom stereocenters. The molecule has 1 aliphatic rings. The second-order valence-corrected chi connectivity index (χ2v) is 7.94. The van der Waals surface area contributed by atoms with Gasteiger partial charge in [-0.05, 0) is 5.75 Å². The van der Waals surface area contributed by atoms with Crippen molar-refractivity contribution in [2.45, 2.75) is 17.5 Å². The summed E-state index contributed by atoms with van der Waals surface area (Å²) in [6.45, 7) is 0. The van der Waals surface area contributed by atoms with Crippen LogP contribution in [-0.4, -0.2) is 70.0 Å². The number of carbonyl (C=O) groups is 3. The Morgan fingerprint density at radius 2 is 2.41 bits per heavy atom. The van der Waals surface area contributed by atoms with Gasteiger partial charge in [-0.25, -0.2) is 4.98 Å². The number of nitrogen functional groups attached to an aromatic ring is 1. The third-order valence-corrected chi connectivity index (χ3v) is 6.29. The number of amides is 1. The van der Waals surface area contributed by atoms with Gasteiger partial charge in [-0.3, -0.25) is 14.9 Å². The van der Waals surface area contributed by atoms with Crippen LogP contribution in [0.2, 0.25) is 0 Å². The van der Waals surface area contributed by atoms with Crippen LogP contribution in [0, 0.1) is 5.92 Å². The molecule has 1 aliphatic heterocycles. The molecule has 0 aromatic carbocycles. The largest absolute Gasteiger partial charge is 0.480 e. The highest BCUT2D eigenvalue weighted by molar-refractivity contribution is 8.00. The van der Waals surface area contributed by atoms with E-state index in [2.05, 4.69) is 38.2 Å². The molecule has 10 nitrogen and oxygen atoms in total. The number of carbonyl (C=O) groups excluding carboxylic acids is 2. The van der Waals surface area contributed by atoms with Crippen molar-refractivity contribution in [1.82, 2.24) is 15.6 Å². The number of thiazole rings is 1. The van der Waals surface area contributed by atoms with Gasteiger partial charge < -0.3 is 25.8 Å². The van der Waals surface area contributed by atoms with Gasteiger partial charge in [-0.1, -0.05) is 5.16 Å². The van der Waals surface area contributed by atoms with Crippen molar-refractivity contribution in [3.63, 3.8) is 0 Å². The fourth-order valence-electron chi connectivity index (χ4n) is 2.42. The van der Waals surface area contributed by atoms with Crippen molar-refractivity contribution in [3.8, 4) is 0 Å². The van der Waals surface area contributed by atoms with Crippen LogP contribution in [0.5, 0.6) is 0 Å². The van der Waals surface area contributed by atoms with Gasteiger partial charge in [-0.15, -0.1) is 23.1 Å². The molecule has 148 valence electrons. The van der Waals surface area contributed by atoms with Gasteiger partial charge >= 0.3 is 5.97 Å². The maximum Gasteiger partial charge on any atom is 0.321 e. The molecule has 0 spiro atoms. The van der Waals surface area contributed by atoms with E-state index in [1.54, 1.807) is 0 Å². The predicted octanol–water partition coefficient (Wildman–Crippen LogP) is -0.579. The van der Waals surface area contributed by atoms with Crippen molar-refractivity contribution < 1.29 is 24.3 Å². The normalized spacial score (nSPS) is 24.1. The molecule has 1 amide bonds. The third-order valence-electron chi connectivity index (χ3n) is 3.74. The van der Waals surface area contributed by atoms with E-state index in [4.69, 9.17) is 5.73 Å². The Labute approximate surface area is 168 Å². The number of hydrogen-bond donors (Lipinski definition) is 5. The molecule has 1 fully saturated rings. The minimum atomic E-state index is -1.03. The fraction of sp³-hybridized carbons (Fsp3) is 0.500. The first-order chi connectivity index (χ1) is 12.9. The second-order valence-electron chi connectivity index (χ2n) is 5.51. The maximum absolute atomic E-state index is 12.6. The number of oxime groups is 1. The Morgan fingerprint density at radius 3 is 2.93 bits per heavy atom. The van der Waals surface area contributed by atoms with E-state index in [9.17, 15) is 19.5 Å². The predicted molar refractivity (Wildman–Crippen MR) is 106 cm³/mol. The first-order valence-corrected chi connectivity index (χ1v) is 10.3. The van der Waals surface area contributed by atoms with Crippen LogP contribution in [0.15, 0.2) is 10.5 Å². The Morgan fingerprint density at radius 1 is 1.67 bits per heavy atom. The summed E-state index contributed by atoms with van der Waals surface area (Å²) in [6.07, 6.45) is 0.544. The van der Waals surface area contributed by atoms with Crippen molar-refractivity contribution in [3.05, 3.63) is 11.1 Å². The van der Waals surface area contributed by atoms with E-state index < -0.39 is 29.3 Å². The van der Waals surface area contributed by atoms with Crippen LogP contribution in [0.25, 0.3) is 0 Å². The standard InChI is InChI=1S/C14H19N5O5S3/c1-24-19-10(8-5-27-14(15)17-8)11(21)16-7(2-20)12-18-9(13(22)23)6(3-25)4-26-12/h2,5-7,9,12,18,25H,3-4H2,1H3,(H2,15,17)(H,16,21)(H,22,23)/b19-10-/t6-,7-,9?,12-/m1/s1. The van der Waals surface area contributed by atoms with E-state index in [1.807, 2.05) is 0 Å². The van der Waals surface area contributed by atoms with E-state index in [0.29, 0.717) is 17.8 Å². The number of thioether (sulfide) groups is 1. The van der Waals surface area contributed by atoms with Gasteiger partial charge in [0.25, 0.3) is 5.91 Å². The number of thiol groups is 1. The molecule has 1 aromatic heterocycles.